The predicted octanol–water partition coefficient (Wildman–Crippen LogP) is 2.56. The van der Waals surface area contributed by atoms with Gasteiger partial charge in [-0.3, -0.25) is 9.59 Å². The summed E-state index contributed by atoms with van der Waals surface area (Å²) in [6.45, 7) is 3.34. The third-order valence-corrected chi connectivity index (χ3v) is 5.88. The Morgan fingerprint density at radius 1 is 1.11 bits per heavy atom. The molecule has 2 aromatic carbocycles. The lowest BCUT2D eigenvalue weighted by Gasteiger charge is -2.29. The first-order valence-electron chi connectivity index (χ1n) is 8.49. The van der Waals surface area contributed by atoms with Crippen molar-refractivity contribution in [2.75, 3.05) is 12.8 Å². The number of carbonyl (C=O) groups excluding carboxylic acids is 1. The van der Waals surface area contributed by atoms with Crippen LogP contribution in [-0.2, 0) is 20.0 Å². The van der Waals surface area contributed by atoms with E-state index in [4.69, 9.17) is 0 Å². The van der Waals surface area contributed by atoms with Crippen molar-refractivity contribution in [2.45, 2.75) is 30.6 Å². The summed E-state index contributed by atoms with van der Waals surface area (Å²) in [5, 5.41) is 12.5. The van der Waals surface area contributed by atoms with Crippen LogP contribution in [-0.4, -0.2) is 38.2 Å². The molecule has 0 saturated carbocycles. The van der Waals surface area contributed by atoms with Gasteiger partial charge in [0, 0.05) is 18.4 Å². The highest BCUT2D eigenvalue weighted by Crippen LogP contribution is 2.28. The quantitative estimate of drug-likeness (QED) is 0.758. The molecule has 0 radical (unpaired) electrons. The molecule has 1 unspecified atom stereocenters. The second-order valence-corrected chi connectivity index (χ2v) is 8.55. The Morgan fingerprint density at radius 2 is 1.74 bits per heavy atom. The highest BCUT2D eigenvalue weighted by molar-refractivity contribution is 7.90. The van der Waals surface area contributed by atoms with Crippen LogP contribution in [0.2, 0.25) is 0 Å². The van der Waals surface area contributed by atoms with Crippen LogP contribution in [0.25, 0.3) is 0 Å². The van der Waals surface area contributed by atoms with Crippen LogP contribution in [0.1, 0.15) is 34.8 Å². The van der Waals surface area contributed by atoms with E-state index < -0.39 is 27.1 Å². The molecule has 144 valence electrons. The lowest BCUT2D eigenvalue weighted by Crippen LogP contribution is -2.46. The average molecular weight is 389 g/mol. The van der Waals surface area contributed by atoms with Gasteiger partial charge in [-0.2, -0.15) is 0 Å². The Kier molecular flexibility index (Phi) is 6.05. The molecule has 7 heteroatoms. The zero-order valence-electron chi connectivity index (χ0n) is 15.5. The van der Waals surface area contributed by atoms with Crippen molar-refractivity contribution >= 4 is 21.7 Å². The van der Waals surface area contributed by atoms with Crippen LogP contribution in [0.15, 0.2) is 53.4 Å². The third kappa shape index (κ3) is 4.36. The molecule has 0 heterocycles. The van der Waals surface area contributed by atoms with Gasteiger partial charge in [0.25, 0.3) is 5.91 Å². The van der Waals surface area contributed by atoms with Gasteiger partial charge < -0.3 is 10.4 Å². The summed E-state index contributed by atoms with van der Waals surface area (Å²) in [5.41, 5.74) is 0.152. The highest BCUT2D eigenvalue weighted by atomic mass is 32.2. The molecule has 0 fully saturated rings. The van der Waals surface area contributed by atoms with Gasteiger partial charge in [-0.15, -0.1) is 0 Å². The number of hydrogen-bond acceptors (Lipinski definition) is 4. The Morgan fingerprint density at radius 3 is 2.26 bits per heavy atom. The standard InChI is InChI=1S/C20H23NO5S/c1-4-20(19(23)24,15-8-6-5-7-9-15)13-21-18(22)17-12-16(27(3,25)26)11-10-14(17)2/h5-12H,4,13H2,1-3H3,(H,21,22)(H,23,24). The number of aryl methyl sites for hydroxylation is 1. The number of aliphatic carboxylic acids is 1. The van der Waals surface area contributed by atoms with Crippen LogP contribution in [0.3, 0.4) is 0 Å². The third-order valence-electron chi connectivity index (χ3n) is 4.77. The Balaban J connectivity index is 2.33. The first kappa shape index (κ1) is 20.6. The normalized spacial score (nSPS) is 13.6. The minimum atomic E-state index is -3.45. The summed E-state index contributed by atoms with van der Waals surface area (Å²) in [6.07, 6.45) is 1.36. The first-order chi connectivity index (χ1) is 12.6. The molecule has 6 nitrogen and oxygen atoms in total. The molecular weight excluding hydrogens is 366 g/mol. The van der Waals surface area contributed by atoms with Crippen LogP contribution in [0.4, 0.5) is 0 Å². The number of rotatable bonds is 7. The van der Waals surface area contributed by atoms with Crippen molar-refractivity contribution in [3.05, 3.63) is 65.2 Å². The molecule has 27 heavy (non-hydrogen) atoms. The molecule has 0 spiro atoms. The minimum Gasteiger partial charge on any atom is -0.481 e. The number of carbonyl (C=O) groups is 2. The lowest BCUT2D eigenvalue weighted by atomic mass is 9.78. The molecule has 0 aromatic heterocycles. The van der Waals surface area contributed by atoms with Crippen LogP contribution in [0, 0.1) is 6.92 Å². The van der Waals surface area contributed by atoms with Crippen molar-refractivity contribution in [1.29, 1.82) is 0 Å². The number of nitrogens with one attached hydrogen (secondary N) is 1. The van der Waals surface area contributed by atoms with Gasteiger partial charge in [0.1, 0.15) is 5.41 Å². The average Bonchev–Trinajstić information content (AvgIpc) is 2.62. The van der Waals surface area contributed by atoms with E-state index in [1.807, 2.05) is 0 Å². The van der Waals surface area contributed by atoms with Crippen molar-refractivity contribution < 1.29 is 23.1 Å². The van der Waals surface area contributed by atoms with E-state index in [0.717, 1.165) is 6.26 Å². The fraction of sp³-hybridized carbons (Fsp3) is 0.300. The Labute approximate surface area is 159 Å². The molecule has 2 rings (SSSR count). The topological polar surface area (TPSA) is 101 Å². The molecule has 0 aliphatic heterocycles. The summed E-state index contributed by atoms with van der Waals surface area (Å²) >= 11 is 0. The summed E-state index contributed by atoms with van der Waals surface area (Å²) < 4.78 is 23.5. The van der Waals surface area contributed by atoms with Crippen molar-refractivity contribution in [2.24, 2.45) is 0 Å². The van der Waals surface area contributed by atoms with Crippen molar-refractivity contribution in [3.63, 3.8) is 0 Å². The number of benzene rings is 2. The van der Waals surface area contributed by atoms with Gasteiger partial charge in [0.2, 0.25) is 0 Å². The smallest absolute Gasteiger partial charge is 0.315 e. The molecular formula is C20H23NO5S. The van der Waals surface area contributed by atoms with Gasteiger partial charge in [-0.1, -0.05) is 43.3 Å². The van der Waals surface area contributed by atoms with Crippen molar-refractivity contribution in [3.8, 4) is 0 Å². The molecule has 1 atom stereocenters. The second kappa shape index (κ2) is 7.92. The lowest BCUT2D eigenvalue weighted by molar-refractivity contribution is -0.143. The van der Waals surface area contributed by atoms with E-state index in [9.17, 15) is 23.1 Å². The van der Waals surface area contributed by atoms with Gasteiger partial charge in [0.15, 0.2) is 9.84 Å². The van der Waals surface area contributed by atoms with Crippen LogP contribution in [0.5, 0.6) is 0 Å². The molecule has 1 amide bonds. The minimum absolute atomic E-state index is 0.0429. The monoisotopic (exact) mass is 389 g/mol. The predicted molar refractivity (Wildman–Crippen MR) is 103 cm³/mol. The fourth-order valence-corrected chi connectivity index (χ4v) is 3.59. The van der Waals surface area contributed by atoms with E-state index in [2.05, 4.69) is 5.32 Å². The number of amides is 1. The van der Waals surface area contributed by atoms with E-state index in [1.165, 1.54) is 12.1 Å². The van der Waals surface area contributed by atoms with Crippen LogP contribution < -0.4 is 5.32 Å². The number of carboxylic acid groups (broad SMARTS) is 1. The summed E-state index contributed by atoms with van der Waals surface area (Å²) in [6, 6.07) is 13.1. The molecule has 0 bridgehead atoms. The molecule has 2 N–H and O–H groups in total. The Hall–Kier alpha value is -2.67. The summed E-state index contributed by atoms with van der Waals surface area (Å²) in [7, 11) is -3.45. The summed E-state index contributed by atoms with van der Waals surface area (Å²) in [5.74, 6) is -1.54. The van der Waals surface area contributed by atoms with E-state index in [0.29, 0.717) is 11.1 Å². The van der Waals surface area contributed by atoms with Crippen LogP contribution >= 0.6 is 0 Å². The molecule has 0 aliphatic carbocycles. The van der Waals surface area contributed by atoms with E-state index >= 15 is 0 Å². The zero-order chi connectivity index (χ0) is 20.2. The maximum Gasteiger partial charge on any atom is 0.315 e. The van der Waals surface area contributed by atoms with Crippen molar-refractivity contribution in [1.82, 2.24) is 5.32 Å². The van der Waals surface area contributed by atoms with E-state index in [1.54, 1.807) is 50.2 Å². The van der Waals surface area contributed by atoms with Gasteiger partial charge in [0.05, 0.1) is 4.90 Å². The molecule has 0 saturated heterocycles. The second-order valence-electron chi connectivity index (χ2n) is 6.54. The first-order valence-corrected chi connectivity index (χ1v) is 10.4. The number of carboxylic acids is 1. The Bertz CT molecular complexity index is 954. The summed E-state index contributed by atoms with van der Waals surface area (Å²) in [4.78, 5) is 24.7. The molecule has 0 aliphatic rings. The van der Waals surface area contributed by atoms with E-state index in [-0.39, 0.29) is 23.4 Å². The fourth-order valence-electron chi connectivity index (χ4n) is 2.94. The van der Waals surface area contributed by atoms with Gasteiger partial charge in [-0.05, 0) is 36.6 Å². The number of hydrogen-bond donors (Lipinski definition) is 2. The van der Waals surface area contributed by atoms with Gasteiger partial charge in [-0.25, -0.2) is 8.42 Å². The largest absolute Gasteiger partial charge is 0.481 e. The zero-order valence-corrected chi connectivity index (χ0v) is 16.3. The number of sulfone groups is 1. The highest BCUT2D eigenvalue weighted by Gasteiger charge is 2.39. The maximum absolute atomic E-state index is 12.7. The molecule has 2 aromatic rings. The maximum atomic E-state index is 12.7. The van der Waals surface area contributed by atoms with Gasteiger partial charge >= 0.3 is 5.97 Å². The SMILES string of the molecule is CCC(CNC(=O)c1cc(S(C)(=O)=O)ccc1C)(C(=O)O)c1ccccc1.